The van der Waals surface area contributed by atoms with Crippen LogP contribution in [-0.4, -0.2) is 54.1 Å². The van der Waals surface area contributed by atoms with Gasteiger partial charge in [-0.1, -0.05) is 0 Å². The smallest absolute Gasteiger partial charge is 0.270 e. The third-order valence-electron chi connectivity index (χ3n) is 4.82. The number of carbonyl (C=O) groups is 1. The van der Waals surface area contributed by atoms with E-state index in [0.29, 0.717) is 18.7 Å². The molecule has 2 saturated heterocycles. The normalized spacial score (nSPS) is 24.2. The first kappa shape index (κ1) is 17.7. The Morgan fingerprint density at radius 1 is 1.16 bits per heavy atom. The maximum absolute atomic E-state index is 13.2. The first-order valence-electron chi connectivity index (χ1n) is 8.94. The van der Waals surface area contributed by atoms with E-state index in [0.717, 1.165) is 31.6 Å². The van der Waals surface area contributed by atoms with Gasteiger partial charge in [-0.3, -0.25) is 14.9 Å². The minimum Gasteiger partial charge on any atom is -0.372 e. The van der Waals surface area contributed by atoms with Gasteiger partial charge in [0.25, 0.3) is 11.6 Å². The largest absolute Gasteiger partial charge is 0.372 e. The van der Waals surface area contributed by atoms with Crippen molar-refractivity contribution in [1.82, 2.24) is 4.90 Å². The molecule has 2 aliphatic heterocycles. The molecule has 0 N–H and O–H groups in total. The van der Waals surface area contributed by atoms with Crippen molar-refractivity contribution in [1.29, 1.82) is 0 Å². The fourth-order valence-electron chi connectivity index (χ4n) is 3.73. The first-order chi connectivity index (χ1) is 12.0. The Morgan fingerprint density at radius 3 is 2.40 bits per heavy atom. The first-order valence-corrected chi connectivity index (χ1v) is 8.94. The number of nitrogens with zero attached hydrogens (tertiary/aromatic N) is 3. The fourth-order valence-corrected chi connectivity index (χ4v) is 3.73. The van der Waals surface area contributed by atoms with Gasteiger partial charge in [-0.25, -0.2) is 0 Å². The van der Waals surface area contributed by atoms with Crippen LogP contribution >= 0.6 is 0 Å². The third-order valence-corrected chi connectivity index (χ3v) is 4.82. The monoisotopic (exact) mass is 347 g/mol. The summed E-state index contributed by atoms with van der Waals surface area (Å²) in [5.41, 5.74) is 1.19. The van der Waals surface area contributed by atoms with Crippen LogP contribution in [0.2, 0.25) is 0 Å². The van der Waals surface area contributed by atoms with E-state index in [1.807, 2.05) is 13.8 Å². The third kappa shape index (κ3) is 3.92. The second-order valence-electron chi connectivity index (χ2n) is 6.97. The number of nitro groups is 1. The zero-order chi connectivity index (χ0) is 18.0. The van der Waals surface area contributed by atoms with Crippen LogP contribution in [0, 0.1) is 10.1 Å². The molecule has 3 rings (SSSR count). The van der Waals surface area contributed by atoms with E-state index in [9.17, 15) is 14.9 Å². The van der Waals surface area contributed by atoms with Crippen LogP contribution in [-0.2, 0) is 4.74 Å². The molecule has 7 nitrogen and oxygen atoms in total. The summed E-state index contributed by atoms with van der Waals surface area (Å²) in [6.45, 7) is 6.66. The SMILES string of the molecule is CC1CN(C(=O)c2cc([N+](=O)[O-])ccc2N2CCCCC2)CC(C)O1. The molecule has 0 aliphatic carbocycles. The van der Waals surface area contributed by atoms with Crippen molar-refractivity contribution in [2.75, 3.05) is 31.1 Å². The lowest BCUT2D eigenvalue weighted by atomic mass is 10.0. The molecule has 2 unspecified atom stereocenters. The van der Waals surface area contributed by atoms with E-state index in [-0.39, 0.29) is 23.8 Å². The van der Waals surface area contributed by atoms with Gasteiger partial charge in [-0.2, -0.15) is 0 Å². The van der Waals surface area contributed by atoms with Gasteiger partial charge in [0.05, 0.1) is 28.4 Å². The lowest BCUT2D eigenvalue weighted by Gasteiger charge is -2.36. The predicted octanol–water partition coefficient (Wildman–Crippen LogP) is 2.83. The van der Waals surface area contributed by atoms with Gasteiger partial charge < -0.3 is 14.5 Å². The van der Waals surface area contributed by atoms with E-state index < -0.39 is 4.92 Å². The molecule has 1 aromatic carbocycles. The van der Waals surface area contributed by atoms with E-state index in [1.54, 1.807) is 11.0 Å². The summed E-state index contributed by atoms with van der Waals surface area (Å²) in [4.78, 5) is 27.8. The number of benzene rings is 1. The summed E-state index contributed by atoms with van der Waals surface area (Å²) < 4.78 is 5.70. The standard InChI is InChI=1S/C18H25N3O4/c1-13-11-20(12-14(2)25-13)18(22)16-10-15(21(23)24)6-7-17(16)19-8-4-3-5-9-19/h6-7,10,13-14H,3-5,8-9,11-12H2,1-2H3. The average molecular weight is 347 g/mol. The number of hydrogen-bond acceptors (Lipinski definition) is 5. The highest BCUT2D eigenvalue weighted by atomic mass is 16.6. The van der Waals surface area contributed by atoms with Crippen molar-refractivity contribution < 1.29 is 14.5 Å². The summed E-state index contributed by atoms with van der Waals surface area (Å²) in [6.07, 6.45) is 3.27. The van der Waals surface area contributed by atoms with E-state index in [2.05, 4.69) is 4.90 Å². The molecule has 136 valence electrons. The van der Waals surface area contributed by atoms with Crippen molar-refractivity contribution in [3.05, 3.63) is 33.9 Å². The predicted molar refractivity (Wildman–Crippen MR) is 95.1 cm³/mol. The molecule has 0 bridgehead atoms. The molecule has 7 heteroatoms. The number of amides is 1. The van der Waals surface area contributed by atoms with E-state index in [4.69, 9.17) is 4.74 Å². The molecular weight excluding hydrogens is 322 g/mol. The lowest BCUT2D eigenvalue weighted by Crippen LogP contribution is -2.48. The average Bonchev–Trinajstić information content (AvgIpc) is 2.60. The maximum Gasteiger partial charge on any atom is 0.270 e. The molecule has 2 atom stereocenters. The number of carbonyl (C=O) groups excluding carboxylic acids is 1. The Bertz CT molecular complexity index is 648. The molecule has 0 saturated carbocycles. The second-order valence-corrected chi connectivity index (χ2v) is 6.97. The van der Waals surface area contributed by atoms with Crippen molar-refractivity contribution in [2.45, 2.75) is 45.3 Å². The molecule has 0 spiro atoms. The number of rotatable bonds is 3. The van der Waals surface area contributed by atoms with Crippen LogP contribution < -0.4 is 4.90 Å². The van der Waals surface area contributed by atoms with Crippen LogP contribution in [0.1, 0.15) is 43.5 Å². The molecule has 2 heterocycles. The van der Waals surface area contributed by atoms with Crippen molar-refractivity contribution >= 4 is 17.3 Å². The Labute approximate surface area is 147 Å². The van der Waals surface area contributed by atoms with Crippen LogP contribution in [0.5, 0.6) is 0 Å². The van der Waals surface area contributed by atoms with Crippen LogP contribution in [0.25, 0.3) is 0 Å². The van der Waals surface area contributed by atoms with Gasteiger partial charge in [0, 0.05) is 38.3 Å². The minimum atomic E-state index is -0.443. The molecule has 25 heavy (non-hydrogen) atoms. The van der Waals surface area contributed by atoms with Gasteiger partial charge >= 0.3 is 0 Å². The number of morpholine rings is 1. The summed E-state index contributed by atoms with van der Waals surface area (Å²) >= 11 is 0. The highest BCUT2D eigenvalue weighted by molar-refractivity contribution is 6.00. The van der Waals surface area contributed by atoms with Gasteiger partial charge in [-0.05, 0) is 39.2 Å². The summed E-state index contributed by atoms with van der Waals surface area (Å²) in [5, 5.41) is 11.2. The topological polar surface area (TPSA) is 75.9 Å². The molecule has 2 fully saturated rings. The molecule has 2 aliphatic rings. The Balaban J connectivity index is 1.94. The second kappa shape index (κ2) is 7.39. The minimum absolute atomic E-state index is 0.0372. The molecule has 0 aromatic heterocycles. The zero-order valence-corrected chi connectivity index (χ0v) is 14.8. The molecule has 1 aromatic rings. The number of anilines is 1. The van der Waals surface area contributed by atoms with Gasteiger partial charge in [0.1, 0.15) is 0 Å². The van der Waals surface area contributed by atoms with Crippen molar-refractivity contribution in [3.8, 4) is 0 Å². The summed E-state index contributed by atoms with van der Waals surface area (Å²) in [5.74, 6) is -0.147. The van der Waals surface area contributed by atoms with Crippen LogP contribution in [0.3, 0.4) is 0 Å². The molecule has 1 amide bonds. The van der Waals surface area contributed by atoms with Gasteiger partial charge in [0.2, 0.25) is 0 Å². The number of hydrogen-bond donors (Lipinski definition) is 0. The molecule has 0 radical (unpaired) electrons. The quantitative estimate of drug-likeness (QED) is 0.621. The summed E-state index contributed by atoms with van der Waals surface area (Å²) in [7, 11) is 0. The van der Waals surface area contributed by atoms with Crippen molar-refractivity contribution in [3.63, 3.8) is 0 Å². The Kier molecular flexibility index (Phi) is 5.22. The fraction of sp³-hybridized carbons (Fsp3) is 0.611. The lowest BCUT2D eigenvalue weighted by molar-refractivity contribution is -0.384. The maximum atomic E-state index is 13.2. The Hall–Kier alpha value is -2.15. The zero-order valence-electron chi connectivity index (χ0n) is 14.8. The number of piperidine rings is 1. The number of ether oxygens (including phenoxy) is 1. The van der Waals surface area contributed by atoms with Crippen LogP contribution in [0.4, 0.5) is 11.4 Å². The highest BCUT2D eigenvalue weighted by Crippen LogP contribution is 2.29. The van der Waals surface area contributed by atoms with Crippen molar-refractivity contribution in [2.24, 2.45) is 0 Å². The molecular formula is C18H25N3O4. The summed E-state index contributed by atoms with van der Waals surface area (Å²) in [6, 6.07) is 4.65. The number of non-ortho nitro benzene ring substituents is 1. The van der Waals surface area contributed by atoms with Gasteiger partial charge in [0.15, 0.2) is 0 Å². The highest BCUT2D eigenvalue weighted by Gasteiger charge is 2.30. The van der Waals surface area contributed by atoms with Gasteiger partial charge in [-0.15, -0.1) is 0 Å². The van der Waals surface area contributed by atoms with E-state index >= 15 is 0 Å². The number of nitro benzene ring substituents is 1. The van der Waals surface area contributed by atoms with Crippen LogP contribution in [0.15, 0.2) is 18.2 Å². The van der Waals surface area contributed by atoms with E-state index in [1.165, 1.54) is 18.6 Å². The Morgan fingerprint density at radius 2 is 1.80 bits per heavy atom.